The molecule has 3 aliphatic rings. The van der Waals surface area contributed by atoms with E-state index in [9.17, 15) is 0 Å². The maximum Gasteiger partial charge on any atom is 0.164 e. The fourth-order valence-electron chi connectivity index (χ4n) is 7.55. The third-order valence-corrected chi connectivity index (χ3v) is 10.2. The Morgan fingerprint density at radius 3 is 2.04 bits per heavy atom. The zero-order valence-electron chi connectivity index (χ0n) is 28.1. The monoisotopic (exact) mass is 659 g/mol. The van der Waals surface area contributed by atoms with E-state index in [1.54, 1.807) is 0 Å². The highest BCUT2D eigenvalue weighted by Gasteiger charge is 2.31. The number of aromatic nitrogens is 3. The van der Waals surface area contributed by atoms with Crippen LogP contribution in [-0.2, 0) is 0 Å². The smallest absolute Gasteiger partial charge is 0.164 e. The Balaban J connectivity index is 1.04. The van der Waals surface area contributed by atoms with Crippen molar-refractivity contribution >= 4 is 28.7 Å². The largest absolute Gasteiger partial charge is 0.461 e. The topological polar surface area (TPSA) is 61.0 Å². The van der Waals surface area contributed by atoms with Crippen LogP contribution in [0, 0.1) is 5.92 Å². The van der Waals surface area contributed by atoms with E-state index in [4.69, 9.17) is 24.1 Å². The number of allylic oxidation sites excluding steroid dienone is 4. The lowest BCUT2D eigenvalue weighted by Gasteiger charge is -2.16. The Bertz CT molecular complexity index is 2670. The summed E-state index contributed by atoms with van der Waals surface area (Å²) in [6.45, 7) is 2.23. The molecule has 2 atom stereocenters. The SMILES string of the molecule is CC1C=c2oc3c(-c4ccc(-c5nc(C6=CCC7C(=C6)Oc6ccccc67)nc(-c6ccc(-c7ccccc7)cc6)n5)cc4)cccc3c2=CC1. The number of nitrogens with zero attached hydrogens (tertiary/aromatic N) is 3. The van der Waals surface area contributed by atoms with Crippen molar-refractivity contribution in [3.63, 3.8) is 0 Å². The van der Waals surface area contributed by atoms with Gasteiger partial charge in [0.15, 0.2) is 17.5 Å². The van der Waals surface area contributed by atoms with Crippen LogP contribution in [0.15, 0.2) is 144 Å². The highest BCUT2D eigenvalue weighted by atomic mass is 16.5. The molecule has 0 fully saturated rings. The van der Waals surface area contributed by atoms with Crippen LogP contribution in [0.3, 0.4) is 0 Å². The van der Waals surface area contributed by atoms with Gasteiger partial charge in [0.2, 0.25) is 0 Å². The third kappa shape index (κ3) is 5.21. The third-order valence-electron chi connectivity index (χ3n) is 10.2. The second-order valence-electron chi connectivity index (χ2n) is 13.6. The van der Waals surface area contributed by atoms with Crippen molar-refractivity contribution in [2.75, 3.05) is 0 Å². The van der Waals surface area contributed by atoms with Gasteiger partial charge < -0.3 is 9.15 Å². The molecule has 0 radical (unpaired) electrons. The molecule has 2 aliphatic carbocycles. The molecular weight excluding hydrogens is 627 g/mol. The van der Waals surface area contributed by atoms with Crippen LogP contribution in [0.25, 0.3) is 73.7 Å². The van der Waals surface area contributed by atoms with E-state index in [1.807, 2.05) is 18.2 Å². The normalized spacial score (nSPS) is 17.3. The summed E-state index contributed by atoms with van der Waals surface area (Å²) in [4.78, 5) is 15.2. The second-order valence-corrected chi connectivity index (χ2v) is 13.6. The van der Waals surface area contributed by atoms with Crippen molar-refractivity contribution in [3.8, 4) is 50.8 Å². The summed E-state index contributed by atoms with van der Waals surface area (Å²) in [7, 11) is 0. The van der Waals surface area contributed by atoms with Crippen molar-refractivity contribution in [2.45, 2.75) is 25.7 Å². The fourth-order valence-corrected chi connectivity index (χ4v) is 7.55. The van der Waals surface area contributed by atoms with Gasteiger partial charge in [-0.15, -0.1) is 0 Å². The molecule has 2 unspecified atom stereocenters. The predicted molar refractivity (Wildman–Crippen MR) is 204 cm³/mol. The first-order valence-corrected chi connectivity index (χ1v) is 17.6. The van der Waals surface area contributed by atoms with E-state index in [0.717, 1.165) is 74.1 Å². The first-order valence-electron chi connectivity index (χ1n) is 17.6. The van der Waals surface area contributed by atoms with Crippen LogP contribution >= 0.6 is 0 Å². The van der Waals surface area contributed by atoms with Crippen LogP contribution in [0.2, 0.25) is 0 Å². The molecule has 5 nitrogen and oxygen atoms in total. The van der Waals surface area contributed by atoms with E-state index in [1.165, 1.54) is 16.3 Å². The Morgan fingerprint density at radius 2 is 1.25 bits per heavy atom. The summed E-state index contributed by atoms with van der Waals surface area (Å²) < 4.78 is 12.8. The van der Waals surface area contributed by atoms with Crippen molar-refractivity contribution in [1.82, 2.24) is 15.0 Å². The van der Waals surface area contributed by atoms with Crippen molar-refractivity contribution < 1.29 is 9.15 Å². The standard InChI is InChI=1S/C46H33N3O2/c1-28-14-24-38-39-12-7-11-35(43(39)51-41(38)26-28)31-17-21-33(22-18-31)45-47-44(32-19-15-30(16-20-32)29-8-3-2-4-9-29)48-46(49-45)34-23-25-37-36-10-5-6-13-40(36)50-42(37)27-34/h2-13,15-24,26-28,37H,14,25H2,1H3. The van der Waals surface area contributed by atoms with Crippen molar-refractivity contribution in [2.24, 2.45) is 5.92 Å². The average Bonchev–Trinajstić information content (AvgIpc) is 3.75. The molecule has 0 spiro atoms. The van der Waals surface area contributed by atoms with E-state index in [0.29, 0.717) is 23.4 Å². The van der Waals surface area contributed by atoms with Gasteiger partial charge in [0, 0.05) is 44.3 Å². The highest BCUT2D eigenvalue weighted by molar-refractivity contribution is 5.93. The molecule has 0 N–H and O–H groups in total. The van der Waals surface area contributed by atoms with E-state index in [2.05, 4.69) is 134 Å². The van der Waals surface area contributed by atoms with E-state index in [-0.39, 0.29) is 5.92 Å². The molecule has 3 heterocycles. The number of hydrogen-bond acceptors (Lipinski definition) is 5. The minimum Gasteiger partial charge on any atom is -0.461 e. The quantitative estimate of drug-likeness (QED) is 0.184. The number of furan rings is 1. The molecule has 5 aromatic carbocycles. The Morgan fingerprint density at radius 1 is 0.588 bits per heavy atom. The summed E-state index contributed by atoms with van der Waals surface area (Å²) in [5.74, 6) is 4.43. The Labute approximate surface area is 295 Å². The van der Waals surface area contributed by atoms with Gasteiger partial charge in [-0.25, -0.2) is 15.0 Å². The van der Waals surface area contributed by atoms with Gasteiger partial charge in [0.05, 0.1) is 0 Å². The lowest BCUT2D eigenvalue weighted by Crippen LogP contribution is -2.24. The number of benzene rings is 5. The first kappa shape index (κ1) is 29.6. The van der Waals surface area contributed by atoms with Crippen LogP contribution in [0.1, 0.15) is 37.1 Å². The molecule has 0 amide bonds. The molecular formula is C46H33N3O2. The van der Waals surface area contributed by atoms with Gasteiger partial charge >= 0.3 is 0 Å². The number of fused-ring (bicyclic) bond motifs is 6. The van der Waals surface area contributed by atoms with Gasteiger partial charge in [-0.2, -0.15) is 0 Å². The zero-order valence-corrected chi connectivity index (χ0v) is 28.1. The molecule has 10 rings (SSSR count). The molecule has 244 valence electrons. The molecule has 0 bridgehead atoms. The van der Waals surface area contributed by atoms with Crippen LogP contribution < -0.4 is 15.4 Å². The van der Waals surface area contributed by atoms with Gasteiger partial charge in [0.1, 0.15) is 22.5 Å². The summed E-state index contributed by atoms with van der Waals surface area (Å²) in [6.07, 6.45) is 10.7. The second kappa shape index (κ2) is 11.9. The number of hydrogen-bond donors (Lipinski definition) is 0. The van der Waals surface area contributed by atoms with Crippen molar-refractivity contribution in [3.05, 3.63) is 161 Å². The summed E-state index contributed by atoms with van der Waals surface area (Å²) >= 11 is 0. The minimum atomic E-state index is 0.215. The van der Waals surface area contributed by atoms with Gasteiger partial charge in [-0.3, -0.25) is 0 Å². The maximum atomic E-state index is 6.45. The van der Waals surface area contributed by atoms with Gasteiger partial charge in [-0.05, 0) is 53.7 Å². The zero-order chi connectivity index (χ0) is 33.9. The molecule has 5 heteroatoms. The lowest BCUT2D eigenvalue weighted by molar-refractivity contribution is 0.426. The van der Waals surface area contributed by atoms with E-state index < -0.39 is 0 Å². The average molecular weight is 660 g/mol. The molecule has 1 aliphatic heterocycles. The van der Waals surface area contributed by atoms with Crippen LogP contribution in [0.4, 0.5) is 0 Å². The van der Waals surface area contributed by atoms with Crippen LogP contribution in [0.5, 0.6) is 5.75 Å². The lowest BCUT2D eigenvalue weighted by atomic mass is 9.89. The fraction of sp³-hybridized carbons (Fsp3) is 0.109. The summed E-state index contributed by atoms with van der Waals surface area (Å²) in [6, 6.07) is 42.0. The molecule has 0 saturated heterocycles. The van der Waals surface area contributed by atoms with Crippen LogP contribution in [-0.4, -0.2) is 15.0 Å². The first-order chi connectivity index (χ1) is 25.1. The highest BCUT2D eigenvalue weighted by Crippen LogP contribution is 2.46. The van der Waals surface area contributed by atoms with Gasteiger partial charge in [-0.1, -0.05) is 134 Å². The Hall–Kier alpha value is -6.33. The summed E-state index contributed by atoms with van der Waals surface area (Å²) in [5.41, 5.74) is 10.4. The summed E-state index contributed by atoms with van der Waals surface area (Å²) in [5, 5.41) is 2.36. The Kier molecular flexibility index (Phi) is 6.91. The van der Waals surface area contributed by atoms with E-state index >= 15 is 0 Å². The maximum absolute atomic E-state index is 6.45. The minimum absolute atomic E-state index is 0.215. The molecule has 51 heavy (non-hydrogen) atoms. The number of rotatable bonds is 5. The predicted octanol–water partition coefficient (Wildman–Crippen LogP) is 9.73. The van der Waals surface area contributed by atoms with Gasteiger partial charge in [0.25, 0.3) is 0 Å². The molecule has 0 saturated carbocycles. The van der Waals surface area contributed by atoms with Crippen molar-refractivity contribution in [1.29, 1.82) is 0 Å². The molecule has 7 aromatic rings. The molecule has 2 aromatic heterocycles. The number of para-hydroxylation sites is 2. The number of ether oxygens (including phenoxy) is 1.